The van der Waals surface area contributed by atoms with Gasteiger partial charge < -0.3 is 4.90 Å². The first kappa shape index (κ1) is 18.0. The minimum Gasteiger partial charge on any atom is -0.326 e. The largest absolute Gasteiger partial charge is 0.326 e. The van der Waals surface area contributed by atoms with E-state index in [-0.39, 0.29) is 11.9 Å². The summed E-state index contributed by atoms with van der Waals surface area (Å²) in [6.45, 7) is 7.04. The smallest absolute Gasteiger partial charge is 0.273 e. The van der Waals surface area contributed by atoms with Crippen molar-refractivity contribution in [3.8, 4) is 11.3 Å². The summed E-state index contributed by atoms with van der Waals surface area (Å²) in [7, 11) is 0. The first-order chi connectivity index (χ1) is 13.0. The zero-order chi connectivity index (χ0) is 19.1. The van der Waals surface area contributed by atoms with Crippen LogP contribution in [0.3, 0.4) is 0 Å². The van der Waals surface area contributed by atoms with E-state index in [2.05, 4.69) is 83.3 Å². The number of carbonyl (C=O) groups excluding carboxylic acids is 1. The lowest BCUT2D eigenvalue weighted by Crippen LogP contribution is -2.32. The van der Waals surface area contributed by atoms with Crippen LogP contribution in [0.15, 0.2) is 53.0 Å². The Morgan fingerprint density at radius 1 is 1.19 bits per heavy atom. The van der Waals surface area contributed by atoms with Crippen LogP contribution < -0.4 is 0 Å². The Morgan fingerprint density at radius 2 is 1.93 bits per heavy atom. The molecule has 138 valence electrons. The van der Waals surface area contributed by atoms with Crippen molar-refractivity contribution in [1.29, 1.82) is 0 Å². The molecule has 4 nitrogen and oxygen atoms in total. The molecule has 1 atom stereocenters. The standard InChI is InChI=1S/C22H22BrN3O/c1-13(2)12-26-21(16-5-4-6-17(23)11-16)18-19(24-25-20(18)22(26)27)15-9-7-14(3)8-10-15/h4-11,13,21H,12H2,1-3H3,(H,24,25). The number of nitrogens with zero attached hydrogens (tertiary/aromatic N) is 2. The van der Waals surface area contributed by atoms with Gasteiger partial charge in [-0.25, -0.2) is 0 Å². The van der Waals surface area contributed by atoms with Gasteiger partial charge in [0.15, 0.2) is 0 Å². The Balaban J connectivity index is 1.89. The summed E-state index contributed by atoms with van der Waals surface area (Å²) in [4.78, 5) is 15.1. The molecule has 0 spiro atoms. The maximum absolute atomic E-state index is 13.1. The summed E-state index contributed by atoms with van der Waals surface area (Å²) < 4.78 is 1.01. The third kappa shape index (κ3) is 3.21. The number of aromatic amines is 1. The predicted octanol–water partition coefficient (Wildman–Crippen LogP) is 5.35. The summed E-state index contributed by atoms with van der Waals surface area (Å²) in [6.07, 6.45) is 0. The van der Waals surface area contributed by atoms with E-state index in [0.717, 1.165) is 26.9 Å². The number of rotatable bonds is 4. The maximum Gasteiger partial charge on any atom is 0.273 e. The topological polar surface area (TPSA) is 49.0 Å². The molecule has 3 aromatic rings. The maximum atomic E-state index is 13.1. The fraction of sp³-hybridized carbons (Fsp3) is 0.273. The molecule has 0 bridgehead atoms. The van der Waals surface area contributed by atoms with E-state index in [1.165, 1.54) is 5.56 Å². The average molecular weight is 424 g/mol. The molecular formula is C22H22BrN3O. The molecule has 1 unspecified atom stereocenters. The normalized spacial score (nSPS) is 16.3. The van der Waals surface area contributed by atoms with Crippen LogP contribution in [0, 0.1) is 12.8 Å². The molecule has 1 aromatic heterocycles. The number of H-pyrrole nitrogens is 1. The van der Waals surface area contributed by atoms with Crippen molar-refractivity contribution in [1.82, 2.24) is 15.1 Å². The third-order valence-electron chi connectivity index (χ3n) is 4.92. The zero-order valence-electron chi connectivity index (χ0n) is 15.7. The van der Waals surface area contributed by atoms with Crippen LogP contribution in [0.1, 0.15) is 47.1 Å². The van der Waals surface area contributed by atoms with Gasteiger partial charge in [-0.2, -0.15) is 5.10 Å². The van der Waals surface area contributed by atoms with Crippen LogP contribution in [0.2, 0.25) is 0 Å². The number of amides is 1. The van der Waals surface area contributed by atoms with Gasteiger partial charge in [-0.3, -0.25) is 9.89 Å². The Bertz CT molecular complexity index is 991. The second-order valence-electron chi connectivity index (χ2n) is 7.54. The number of hydrogen-bond acceptors (Lipinski definition) is 2. The lowest BCUT2D eigenvalue weighted by molar-refractivity contribution is 0.0722. The second kappa shape index (κ2) is 6.97. The minimum absolute atomic E-state index is 0.0227. The second-order valence-corrected chi connectivity index (χ2v) is 8.45. The van der Waals surface area contributed by atoms with Gasteiger partial charge >= 0.3 is 0 Å². The lowest BCUT2D eigenvalue weighted by atomic mass is 9.95. The van der Waals surface area contributed by atoms with Crippen LogP contribution >= 0.6 is 15.9 Å². The monoisotopic (exact) mass is 423 g/mol. The molecule has 2 heterocycles. The van der Waals surface area contributed by atoms with Crippen LogP contribution in [0.4, 0.5) is 0 Å². The fourth-order valence-electron chi connectivity index (χ4n) is 3.73. The van der Waals surface area contributed by atoms with Crippen molar-refractivity contribution in [2.24, 2.45) is 5.92 Å². The predicted molar refractivity (Wildman–Crippen MR) is 111 cm³/mol. The number of halogens is 1. The Labute approximate surface area is 167 Å². The number of aryl methyl sites for hydroxylation is 1. The lowest BCUT2D eigenvalue weighted by Gasteiger charge is -2.28. The molecule has 0 aliphatic carbocycles. The first-order valence-corrected chi connectivity index (χ1v) is 9.96. The Kier molecular flexibility index (Phi) is 4.64. The van der Waals surface area contributed by atoms with Gasteiger partial charge in [-0.05, 0) is 30.5 Å². The number of benzene rings is 2. The van der Waals surface area contributed by atoms with Crippen molar-refractivity contribution in [3.05, 3.63) is 75.4 Å². The highest BCUT2D eigenvalue weighted by Gasteiger charge is 2.42. The molecule has 5 heteroatoms. The summed E-state index contributed by atoms with van der Waals surface area (Å²) in [5.41, 5.74) is 5.75. The first-order valence-electron chi connectivity index (χ1n) is 9.17. The molecule has 4 rings (SSSR count). The van der Waals surface area contributed by atoms with Gasteiger partial charge in [-0.15, -0.1) is 0 Å². The van der Waals surface area contributed by atoms with E-state index in [0.29, 0.717) is 18.2 Å². The van der Waals surface area contributed by atoms with Crippen molar-refractivity contribution >= 4 is 21.8 Å². The van der Waals surface area contributed by atoms with Crippen LogP contribution in [-0.2, 0) is 0 Å². The van der Waals surface area contributed by atoms with Gasteiger partial charge in [-0.1, -0.05) is 71.7 Å². The molecule has 1 N–H and O–H groups in total. The molecule has 2 aromatic carbocycles. The molecule has 0 fully saturated rings. The van der Waals surface area contributed by atoms with Crippen molar-refractivity contribution in [2.45, 2.75) is 26.8 Å². The van der Waals surface area contributed by atoms with Crippen molar-refractivity contribution in [3.63, 3.8) is 0 Å². The minimum atomic E-state index is -0.137. The van der Waals surface area contributed by atoms with E-state index < -0.39 is 0 Å². The number of hydrogen-bond donors (Lipinski definition) is 1. The molecule has 1 aliphatic heterocycles. The van der Waals surface area contributed by atoms with E-state index in [1.54, 1.807) is 0 Å². The molecule has 0 saturated heterocycles. The highest BCUT2D eigenvalue weighted by Crippen LogP contribution is 2.43. The fourth-order valence-corrected chi connectivity index (χ4v) is 4.15. The van der Waals surface area contributed by atoms with Crippen molar-refractivity contribution in [2.75, 3.05) is 6.54 Å². The quantitative estimate of drug-likeness (QED) is 0.614. The summed E-state index contributed by atoms with van der Waals surface area (Å²) in [5, 5.41) is 7.53. The number of aromatic nitrogens is 2. The zero-order valence-corrected chi connectivity index (χ0v) is 17.2. The average Bonchev–Trinajstić information content (AvgIpc) is 3.15. The van der Waals surface area contributed by atoms with Crippen LogP contribution in [0.5, 0.6) is 0 Å². The third-order valence-corrected chi connectivity index (χ3v) is 5.41. The number of nitrogens with one attached hydrogen (secondary N) is 1. The highest BCUT2D eigenvalue weighted by molar-refractivity contribution is 9.10. The van der Waals surface area contributed by atoms with E-state index in [4.69, 9.17) is 0 Å². The number of fused-ring (bicyclic) bond motifs is 1. The van der Waals surface area contributed by atoms with E-state index in [1.807, 2.05) is 17.0 Å². The Hall–Kier alpha value is -2.40. The molecule has 1 amide bonds. The van der Waals surface area contributed by atoms with Gasteiger partial charge in [0.05, 0.1) is 11.7 Å². The SMILES string of the molecule is Cc1ccc(-c2n[nH]c3c2C(c2cccc(Br)c2)N(CC(C)C)C3=O)cc1. The molecular weight excluding hydrogens is 402 g/mol. The van der Waals surface area contributed by atoms with Gasteiger partial charge in [0.2, 0.25) is 0 Å². The van der Waals surface area contributed by atoms with Gasteiger partial charge in [0.25, 0.3) is 5.91 Å². The van der Waals surface area contributed by atoms with Gasteiger partial charge in [0.1, 0.15) is 5.69 Å². The summed E-state index contributed by atoms with van der Waals surface area (Å²) >= 11 is 3.57. The van der Waals surface area contributed by atoms with Crippen LogP contribution in [-0.4, -0.2) is 27.5 Å². The number of carbonyl (C=O) groups is 1. The van der Waals surface area contributed by atoms with Gasteiger partial charge in [0, 0.05) is 22.1 Å². The summed E-state index contributed by atoms with van der Waals surface area (Å²) in [6, 6.07) is 16.3. The molecule has 0 radical (unpaired) electrons. The highest BCUT2D eigenvalue weighted by atomic mass is 79.9. The Morgan fingerprint density at radius 3 is 2.59 bits per heavy atom. The van der Waals surface area contributed by atoms with E-state index in [9.17, 15) is 4.79 Å². The van der Waals surface area contributed by atoms with Crippen LogP contribution in [0.25, 0.3) is 11.3 Å². The molecule has 1 aliphatic rings. The molecule has 27 heavy (non-hydrogen) atoms. The van der Waals surface area contributed by atoms with Crippen molar-refractivity contribution < 1.29 is 4.79 Å². The summed E-state index contributed by atoms with van der Waals surface area (Å²) in [5.74, 6) is 0.401. The van der Waals surface area contributed by atoms with E-state index >= 15 is 0 Å². The molecule has 0 saturated carbocycles.